The zero-order valence-corrected chi connectivity index (χ0v) is 8.42. The highest BCUT2D eigenvalue weighted by Gasteiger charge is 2.34. The maximum atomic E-state index is 11.3. The van der Waals surface area contributed by atoms with E-state index in [4.69, 9.17) is 11.6 Å². The molecule has 0 aliphatic carbocycles. The summed E-state index contributed by atoms with van der Waals surface area (Å²) in [6, 6.07) is 0. The third-order valence-corrected chi connectivity index (χ3v) is 2.65. The van der Waals surface area contributed by atoms with E-state index in [2.05, 4.69) is 9.72 Å². The first-order valence-corrected chi connectivity index (χ1v) is 4.45. The van der Waals surface area contributed by atoms with Gasteiger partial charge in [0.1, 0.15) is 5.15 Å². The first kappa shape index (κ1) is 9.43. The van der Waals surface area contributed by atoms with Gasteiger partial charge in [-0.3, -0.25) is 0 Å². The Labute approximate surface area is 85.5 Å². The Morgan fingerprint density at radius 3 is 2.79 bits per heavy atom. The van der Waals surface area contributed by atoms with Gasteiger partial charge in [0.25, 0.3) is 0 Å². The van der Waals surface area contributed by atoms with E-state index < -0.39 is 12.3 Å². The molecule has 0 spiro atoms. The van der Waals surface area contributed by atoms with Crippen LogP contribution in [-0.2, 0) is 4.74 Å². The molecule has 5 heteroatoms. The Morgan fingerprint density at radius 2 is 2.14 bits per heavy atom. The van der Waals surface area contributed by atoms with Crippen LogP contribution in [0.5, 0.6) is 0 Å². The van der Waals surface area contributed by atoms with Crippen molar-refractivity contribution in [2.45, 2.75) is 20.1 Å². The van der Waals surface area contributed by atoms with Crippen molar-refractivity contribution in [3.8, 4) is 0 Å². The monoisotopic (exact) mass is 213 g/mol. The summed E-state index contributed by atoms with van der Waals surface area (Å²) in [5, 5.41) is 9.69. The van der Waals surface area contributed by atoms with Gasteiger partial charge >= 0.3 is 5.97 Å². The van der Waals surface area contributed by atoms with Crippen LogP contribution in [-0.4, -0.2) is 16.1 Å². The molecule has 0 saturated carbocycles. The van der Waals surface area contributed by atoms with Crippen molar-refractivity contribution in [3.05, 3.63) is 27.5 Å². The molecule has 1 unspecified atom stereocenters. The molecule has 2 heterocycles. The maximum absolute atomic E-state index is 11.3. The van der Waals surface area contributed by atoms with Gasteiger partial charge in [-0.25, -0.2) is 9.78 Å². The van der Waals surface area contributed by atoms with Gasteiger partial charge in [0.15, 0.2) is 0 Å². The van der Waals surface area contributed by atoms with Gasteiger partial charge < -0.3 is 9.84 Å². The number of hydrogen-bond donors (Lipinski definition) is 1. The number of carbonyl (C=O) groups is 1. The van der Waals surface area contributed by atoms with Crippen LogP contribution in [0.2, 0.25) is 5.15 Å². The minimum absolute atomic E-state index is 0.271. The lowest BCUT2D eigenvalue weighted by molar-refractivity contribution is -0.0551. The van der Waals surface area contributed by atoms with Crippen LogP contribution in [0.15, 0.2) is 0 Å². The number of carbonyl (C=O) groups excluding carboxylic acids is 1. The summed E-state index contributed by atoms with van der Waals surface area (Å²) in [5.41, 5.74) is 1.84. The van der Waals surface area contributed by atoms with Gasteiger partial charge in [0, 0.05) is 11.3 Å². The molecule has 4 nitrogen and oxygen atoms in total. The molecule has 1 aliphatic rings. The second-order valence-electron chi connectivity index (χ2n) is 3.16. The number of aryl methyl sites for hydroxylation is 1. The summed E-state index contributed by atoms with van der Waals surface area (Å²) in [4.78, 5) is 15.3. The fourth-order valence-corrected chi connectivity index (χ4v) is 1.78. The summed E-state index contributed by atoms with van der Waals surface area (Å²) in [6.07, 6.45) is -1.21. The van der Waals surface area contributed by atoms with E-state index >= 15 is 0 Å². The van der Waals surface area contributed by atoms with E-state index in [-0.39, 0.29) is 5.15 Å². The fourth-order valence-electron chi connectivity index (χ4n) is 1.56. The maximum Gasteiger partial charge on any atom is 0.341 e. The number of ether oxygens (including phenoxy) is 1. The van der Waals surface area contributed by atoms with Crippen LogP contribution in [0.25, 0.3) is 0 Å². The third-order valence-electron chi connectivity index (χ3n) is 2.28. The van der Waals surface area contributed by atoms with Crippen molar-refractivity contribution in [2.75, 3.05) is 0 Å². The largest absolute Gasteiger partial charge is 0.428 e. The van der Waals surface area contributed by atoms with Crippen LogP contribution in [0.1, 0.15) is 33.5 Å². The van der Waals surface area contributed by atoms with Gasteiger partial charge in [0.05, 0.1) is 11.1 Å². The molecular formula is C9H8ClNO3. The first-order chi connectivity index (χ1) is 6.52. The van der Waals surface area contributed by atoms with Crippen molar-refractivity contribution in [1.29, 1.82) is 0 Å². The van der Waals surface area contributed by atoms with Gasteiger partial charge in [0.2, 0.25) is 6.29 Å². The van der Waals surface area contributed by atoms with Crippen molar-refractivity contribution >= 4 is 17.6 Å². The number of hydrogen-bond acceptors (Lipinski definition) is 4. The van der Waals surface area contributed by atoms with Crippen molar-refractivity contribution in [1.82, 2.24) is 4.98 Å². The molecule has 74 valence electrons. The third kappa shape index (κ3) is 1.11. The lowest BCUT2D eigenvalue weighted by atomic mass is 10.0. The Kier molecular flexibility index (Phi) is 1.97. The van der Waals surface area contributed by atoms with E-state index in [1.165, 1.54) is 0 Å². The zero-order chi connectivity index (χ0) is 10.5. The standard InChI is InChI=1S/C9H8ClNO3/c1-3-5-6(4(2)11-7(3)10)9(13)14-8(5)12/h9,13H,1-2H3. The van der Waals surface area contributed by atoms with Crippen LogP contribution in [0.4, 0.5) is 0 Å². The zero-order valence-electron chi connectivity index (χ0n) is 7.67. The molecule has 0 aromatic carbocycles. The molecule has 0 amide bonds. The molecule has 1 aromatic rings. The van der Waals surface area contributed by atoms with E-state index in [9.17, 15) is 9.90 Å². The molecule has 1 N–H and O–H groups in total. The Morgan fingerprint density at radius 1 is 1.50 bits per heavy atom. The lowest BCUT2D eigenvalue weighted by Crippen LogP contribution is -2.01. The number of nitrogens with zero attached hydrogens (tertiary/aromatic N) is 1. The molecule has 1 aliphatic heterocycles. The van der Waals surface area contributed by atoms with Crippen LogP contribution >= 0.6 is 11.6 Å². The van der Waals surface area contributed by atoms with Gasteiger partial charge in [-0.2, -0.15) is 0 Å². The van der Waals surface area contributed by atoms with Crippen molar-refractivity contribution in [3.63, 3.8) is 0 Å². The summed E-state index contributed by atoms with van der Waals surface area (Å²) in [6.45, 7) is 3.35. The number of aliphatic hydroxyl groups is 1. The minimum Gasteiger partial charge on any atom is -0.428 e. The molecule has 2 rings (SSSR count). The van der Waals surface area contributed by atoms with E-state index in [0.717, 1.165) is 0 Å². The minimum atomic E-state index is -1.21. The topological polar surface area (TPSA) is 59.4 Å². The smallest absolute Gasteiger partial charge is 0.341 e. The molecule has 0 saturated heterocycles. The number of cyclic esters (lactones) is 1. The second-order valence-corrected chi connectivity index (χ2v) is 3.52. The highest BCUT2D eigenvalue weighted by atomic mass is 35.5. The first-order valence-electron chi connectivity index (χ1n) is 4.08. The fraction of sp³-hybridized carbons (Fsp3) is 0.333. The molecule has 1 atom stereocenters. The van der Waals surface area contributed by atoms with Crippen LogP contribution in [0, 0.1) is 13.8 Å². The molecule has 0 fully saturated rings. The number of halogens is 1. The highest BCUT2D eigenvalue weighted by Crippen LogP contribution is 2.34. The normalized spacial score (nSPS) is 19.4. The number of aromatic nitrogens is 1. The molecular weight excluding hydrogens is 206 g/mol. The van der Waals surface area contributed by atoms with E-state index in [1.54, 1.807) is 13.8 Å². The average molecular weight is 214 g/mol. The number of fused-ring (bicyclic) bond motifs is 1. The average Bonchev–Trinajstić information content (AvgIpc) is 2.38. The van der Waals surface area contributed by atoms with E-state index in [1.807, 2.05) is 0 Å². The Hall–Kier alpha value is -1.13. The van der Waals surface area contributed by atoms with Crippen molar-refractivity contribution < 1.29 is 14.6 Å². The quantitative estimate of drug-likeness (QED) is 0.524. The summed E-state index contributed by atoms with van der Waals surface area (Å²) in [7, 11) is 0. The van der Waals surface area contributed by atoms with E-state index in [0.29, 0.717) is 22.4 Å². The van der Waals surface area contributed by atoms with Gasteiger partial charge in [-0.15, -0.1) is 0 Å². The number of rotatable bonds is 0. The Bertz CT molecular complexity index is 431. The summed E-state index contributed by atoms with van der Waals surface area (Å²) in [5.74, 6) is -0.544. The summed E-state index contributed by atoms with van der Waals surface area (Å²) >= 11 is 5.81. The van der Waals surface area contributed by atoms with Gasteiger partial charge in [-0.1, -0.05) is 11.6 Å². The predicted molar refractivity (Wildman–Crippen MR) is 49.1 cm³/mol. The molecule has 14 heavy (non-hydrogen) atoms. The Balaban J connectivity index is 2.79. The highest BCUT2D eigenvalue weighted by molar-refractivity contribution is 6.30. The SMILES string of the molecule is Cc1nc(Cl)c(C)c2c1C(O)OC2=O. The van der Waals surface area contributed by atoms with Crippen LogP contribution in [0.3, 0.4) is 0 Å². The summed E-state index contributed by atoms with van der Waals surface area (Å²) < 4.78 is 4.67. The number of pyridine rings is 1. The lowest BCUT2D eigenvalue weighted by Gasteiger charge is -2.06. The number of esters is 1. The van der Waals surface area contributed by atoms with Gasteiger partial charge in [-0.05, 0) is 13.8 Å². The predicted octanol–water partition coefficient (Wildman–Crippen LogP) is 1.51. The molecule has 1 aromatic heterocycles. The molecule has 0 radical (unpaired) electrons. The van der Waals surface area contributed by atoms with Crippen LogP contribution < -0.4 is 0 Å². The molecule has 0 bridgehead atoms. The van der Waals surface area contributed by atoms with Crippen molar-refractivity contribution in [2.24, 2.45) is 0 Å². The number of aliphatic hydroxyl groups excluding tert-OH is 1. The second kappa shape index (κ2) is 2.93.